The van der Waals surface area contributed by atoms with E-state index in [2.05, 4.69) is 80.0 Å². The van der Waals surface area contributed by atoms with E-state index in [1.165, 1.54) is 0 Å². The molecular weight excluding hydrogens is 749 g/mol. The first kappa shape index (κ1) is 39.6. The van der Waals surface area contributed by atoms with Crippen LogP contribution in [0.1, 0.15) is 36.8 Å². The van der Waals surface area contributed by atoms with Crippen LogP contribution >= 0.6 is 0 Å². The van der Waals surface area contributed by atoms with Gasteiger partial charge in [-0.1, -0.05) is 84.9 Å². The number of para-hydroxylation sites is 4. The fraction of sp³-hybridized carbons (Fsp3) is 0.200. The van der Waals surface area contributed by atoms with Crippen LogP contribution in [0.25, 0.3) is 43.6 Å². The Kier molecular flexibility index (Phi) is 12.3. The molecule has 60 heavy (non-hydrogen) atoms. The molecule has 8 aromatic rings. The number of ether oxygens (including phenoxy) is 2. The number of fused-ring (bicyclic) bond motifs is 6. The summed E-state index contributed by atoms with van der Waals surface area (Å²) in [7, 11) is 3.86. The molecule has 0 aliphatic rings. The maximum atomic E-state index is 12.7. The maximum absolute atomic E-state index is 12.7. The summed E-state index contributed by atoms with van der Waals surface area (Å²) in [5, 5.41) is 17.5. The van der Waals surface area contributed by atoms with E-state index in [-0.39, 0.29) is 38.0 Å². The molecule has 0 unspecified atom stereocenters. The average molecular weight is 797 g/mol. The van der Waals surface area contributed by atoms with Crippen LogP contribution in [0.2, 0.25) is 0 Å². The minimum Gasteiger partial charge on any atom is -0.464 e. The fourth-order valence-corrected chi connectivity index (χ4v) is 7.70. The molecule has 8 rings (SSSR count). The van der Waals surface area contributed by atoms with Crippen LogP contribution in [0, 0.1) is 0 Å². The zero-order valence-electron chi connectivity index (χ0n) is 34.0. The number of hydrogen-bond donors (Lipinski definition) is 0. The number of aromatic nitrogens is 2. The molecule has 0 saturated heterocycles. The van der Waals surface area contributed by atoms with Gasteiger partial charge in [0.25, 0.3) is 0 Å². The van der Waals surface area contributed by atoms with Crippen molar-refractivity contribution in [2.45, 2.75) is 38.8 Å². The lowest BCUT2D eigenvalue weighted by molar-refractivity contribution is -0.146. The Morgan fingerprint density at radius 3 is 1.32 bits per heavy atom. The third-order valence-corrected chi connectivity index (χ3v) is 10.8. The van der Waals surface area contributed by atoms with Crippen molar-refractivity contribution in [3.63, 3.8) is 0 Å². The molecule has 0 bridgehead atoms. The summed E-state index contributed by atoms with van der Waals surface area (Å²) in [6.45, 7) is 1.56. The van der Waals surface area contributed by atoms with E-state index in [1.54, 1.807) is 0 Å². The highest BCUT2D eigenvalue weighted by Crippen LogP contribution is 2.31. The second-order valence-electron chi connectivity index (χ2n) is 14.7. The highest BCUT2D eigenvalue weighted by atomic mass is 16.5. The van der Waals surface area contributed by atoms with Crippen LogP contribution in [0.15, 0.2) is 156 Å². The Hall–Kier alpha value is -7.20. The fourth-order valence-electron chi connectivity index (χ4n) is 7.70. The van der Waals surface area contributed by atoms with E-state index >= 15 is 0 Å². The van der Waals surface area contributed by atoms with Gasteiger partial charge in [-0.3, -0.25) is 19.6 Å². The molecule has 0 radical (unpaired) electrons. The lowest BCUT2D eigenvalue weighted by atomic mass is 10.1. The van der Waals surface area contributed by atoms with E-state index in [0.717, 1.165) is 66.1 Å². The largest absolute Gasteiger partial charge is 0.464 e. The first-order chi connectivity index (χ1) is 29.4. The molecule has 2 aromatic heterocycles. The van der Waals surface area contributed by atoms with Crippen molar-refractivity contribution in [1.82, 2.24) is 9.13 Å². The number of carbonyl (C=O) groups is 2. The summed E-state index contributed by atoms with van der Waals surface area (Å²) in [6, 6.07) is 49.2. The van der Waals surface area contributed by atoms with Crippen molar-refractivity contribution < 1.29 is 19.1 Å². The van der Waals surface area contributed by atoms with Gasteiger partial charge in [0.2, 0.25) is 0 Å². The molecule has 0 fully saturated rings. The van der Waals surface area contributed by atoms with E-state index < -0.39 is 0 Å². The van der Waals surface area contributed by atoms with Crippen LogP contribution in [0.3, 0.4) is 0 Å². The van der Waals surface area contributed by atoms with Crippen molar-refractivity contribution in [2.24, 2.45) is 10.2 Å². The molecule has 0 amide bonds. The van der Waals surface area contributed by atoms with Gasteiger partial charge < -0.3 is 18.6 Å². The first-order valence-corrected chi connectivity index (χ1v) is 20.4. The third kappa shape index (κ3) is 9.08. The summed E-state index contributed by atoms with van der Waals surface area (Å²) in [5.41, 5.74) is 8.32. The van der Waals surface area contributed by atoms with Gasteiger partial charge in [-0.15, -0.1) is 0 Å². The predicted octanol–water partition coefficient (Wildman–Crippen LogP) is 10.2. The Balaban J connectivity index is 0.794. The van der Waals surface area contributed by atoms with Crippen LogP contribution in [-0.4, -0.2) is 60.8 Å². The van der Waals surface area contributed by atoms with E-state index in [0.29, 0.717) is 25.9 Å². The monoisotopic (exact) mass is 796 g/mol. The lowest BCUT2D eigenvalue weighted by Crippen LogP contribution is -2.12. The van der Waals surface area contributed by atoms with Gasteiger partial charge in [-0.2, -0.15) is 10.2 Å². The second kappa shape index (κ2) is 18.6. The van der Waals surface area contributed by atoms with Crippen LogP contribution in [0.5, 0.6) is 0 Å². The zero-order chi connectivity index (χ0) is 41.3. The number of hydrazone groups is 2. The van der Waals surface area contributed by atoms with E-state index in [4.69, 9.17) is 9.47 Å². The van der Waals surface area contributed by atoms with Gasteiger partial charge in [0, 0.05) is 70.5 Å². The Bertz CT molecular complexity index is 2620. The summed E-state index contributed by atoms with van der Waals surface area (Å²) in [4.78, 5) is 25.4. The third-order valence-electron chi connectivity index (χ3n) is 10.8. The molecule has 0 N–H and O–H groups in total. The Morgan fingerprint density at radius 1 is 0.500 bits per heavy atom. The second-order valence-corrected chi connectivity index (χ2v) is 14.7. The minimum absolute atomic E-state index is 0.247. The SMILES string of the molecule is CN(/N=C/c1ccc2c(c1)c1ccccc1n2CCOC(=O)CCCCC(=O)OCCn1c2ccccc2c2cc(/C=N/N(C)c3ccccc3)ccc21)c1ccccc1. The van der Waals surface area contributed by atoms with Crippen LogP contribution in [0.4, 0.5) is 11.4 Å². The standard InChI is InChI=1S/C50H48N6O4/c1-53(39-15-5-3-6-16-39)51-35-37-25-27-47-43(33-37)41-19-9-11-21-45(41)55(47)29-31-59-49(57)23-13-14-24-50(58)60-32-30-56-46-22-12-10-20-42(46)44-34-38(26-28-48(44)56)36-52-54(2)40-17-7-4-8-18-40/h3-12,15-22,25-28,33-36H,13-14,23-24,29-32H2,1-2H3/b51-35+,52-36+. The Morgan fingerprint density at radius 2 is 0.883 bits per heavy atom. The van der Waals surface area contributed by atoms with Gasteiger partial charge in [-0.05, 0) is 84.6 Å². The molecular formula is C50H48N6O4. The summed E-state index contributed by atoms with van der Waals surface area (Å²) >= 11 is 0. The number of nitrogens with zero attached hydrogens (tertiary/aromatic N) is 6. The van der Waals surface area contributed by atoms with Gasteiger partial charge in [-0.25, -0.2) is 0 Å². The number of rotatable bonds is 17. The molecule has 0 saturated carbocycles. The number of anilines is 2. The molecule has 0 atom stereocenters. The lowest BCUT2D eigenvalue weighted by Gasteiger charge is -2.12. The number of esters is 2. The highest BCUT2D eigenvalue weighted by molar-refractivity contribution is 6.10. The number of hydrogen-bond acceptors (Lipinski definition) is 8. The summed E-state index contributed by atoms with van der Waals surface area (Å²) < 4.78 is 15.7. The molecule has 0 spiro atoms. The molecule has 0 aliphatic carbocycles. The van der Waals surface area contributed by atoms with Gasteiger partial charge >= 0.3 is 11.9 Å². The van der Waals surface area contributed by atoms with E-state index in [9.17, 15) is 9.59 Å². The highest BCUT2D eigenvalue weighted by Gasteiger charge is 2.14. The number of unbranched alkanes of at least 4 members (excludes halogenated alkanes) is 1. The van der Waals surface area contributed by atoms with Crippen molar-refractivity contribution in [3.8, 4) is 0 Å². The van der Waals surface area contributed by atoms with Crippen molar-refractivity contribution in [1.29, 1.82) is 0 Å². The molecule has 10 heteroatoms. The first-order valence-electron chi connectivity index (χ1n) is 20.4. The quantitative estimate of drug-likeness (QED) is 0.0394. The van der Waals surface area contributed by atoms with Gasteiger partial charge in [0.1, 0.15) is 13.2 Å². The van der Waals surface area contributed by atoms with Crippen LogP contribution < -0.4 is 10.0 Å². The number of benzene rings is 6. The molecule has 6 aromatic carbocycles. The topological polar surface area (TPSA) is 93.7 Å². The molecule has 2 heterocycles. The normalized spacial score (nSPS) is 11.7. The zero-order valence-corrected chi connectivity index (χ0v) is 34.0. The predicted molar refractivity (Wildman–Crippen MR) is 244 cm³/mol. The maximum Gasteiger partial charge on any atom is 0.305 e. The number of carbonyl (C=O) groups excluding carboxylic acids is 2. The van der Waals surface area contributed by atoms with Gasteiger partial charge in [0.05, 0.1) is 36.9 Å². The summed E-state index contributed by atoms with van der Waals surface area (Å²) in [6.07, 6.45) is 5.33. The van der Waals surface area contributed by atoms with Crippen LogP contribution in [-0.2, 0) is 32.2 Å². The van der Waals surface area contributed by atoms with Gasteiger partial charge in [0.15, 0.2) is 0 Å². The molecule has 0 aliphatic heterocycles. The van der Waals surface area contributed by atoms with E-state index in [1.807, 2.05) is 121 Å². The van der Waals surface area contributed by atoms with Crippen molar-refractivity contribution in [3.05, 3.63) is 157 Å². The Labute approximate surface area is 349 Å². The molecule has 302 valence electrons. The van der Waals surface area contributed by atoms with Crippen molar-refractivity contribution >= 4 is 79.4 Å². The summed E-state index contributed by atoms with van der Waals surface area (Å²) in [5.74, 6) is -0.539. The minimum atomic E-state index is -0.269. The smallest absolute Gasteiger partial charge is 0.305 e. The average Bonchev–Trinajstić information content (AvgIpc) is 3.78. The van der Waals surface area contributed by atoms with Crippen molar-refractivity contribution in [2.75, 3.05) is 37.3 Å². The molecule has 10 nitrogen and oxygen atoms in total.